The van der Waals surface area contributed by atoms with E-state index >= 15 is 0 Å². The van der Waals surface area contributed by atoms with Crippen LogP contribution in [-0.2, 0) is 6.54 Å². The molecular formula is C24H21N3O2. The summed E-state index contributed by atoms with van der Waals surface area (Å²) in [6.07, 6.45) is 0.848. The van der Waals surface area contributed by atoms with Crippen LogP contribution in [-0.4, -0.2) is 28.3 Å². The van der Waals surface area contributed by atoms with E-state index in [9.17, 15) is 0 Å². The highest BCUT2D eigenvalue weighted by molar-refractivity contribution is 6.06. The van der Waals surface area contributed by atoms with Crippen LogP contribution < -0.4 is 9.47 Å². The van der Waals surface area contributed by atoms with Crippen molar-refractivity contribution in [2.45, 2.75) is 13.0 Å². The molecule has 0 radical (unpaired) electrons. The second-order valence-electron chi connectivity index (χ2n) is 6.91. The Labute approximate surface area is 168 Å². The van der Waals surface area contributed by atoms with Gasteiger partial charge in [0.05, 0.1) is 30.3 Å². The summed E-state index contributed by atoms with van der Waals surface area (Å²) in [6.45, 7) is 1.39. The van der Waals surface area contributed by atoms with Crippen molar-refractivity contribution in [1.82, 2.24) is 14.5 Å². The Morgan fingerprint density at radius 2 is 1.48 bits per heavy atom. The number of hydrogen-bond donors (Lipinski definition) is 0. The summed E-state index contributed by atoms with van der Waals surface area (Å²) in [5.74, 6) is 1.52. The molecule has 5 aromatic rings. The standard InChI is InChI=1S/C24H21N3O2/c1-28-21-13-6-7-14-22(21)29-16-8-15-27-20-12-5-2-9-17(20)23-24(27)26-19-11-4-3-10-18(19)25-23/h2-7,9-14H,8,15-16H2,1H3. The minimum atomic E-state index is 0.593. The molecule has 0 saturated heterocycles. The first-order valence-electron chi connectivity index (χ1n) is 9.75. The number of methoxy groups -OCH3 is 1. The smallest absolute Gasteiger partial charge is 0.161 e. The van der Waals surface area contributed by atoms with Gasteiger partial charge in [0.25, 0.3) is 0 Å². The first-order chi connectivity index (χ1) is 14.3. The van der Waals surface area contributed by atoms with Gasteiger partial charge in [0.2, 0.25) is 0 Å². The SMILES string of the molecule is COc1ccccc1OCCCn1c2ccccc2c2nc3ccccc3nc21. The van der Waals surface area contributed by atoms with Crippen LogP contribution in [0.3, 0.4) is 0 Å². The van der Waals surface area contributed by atoms with E-state index in [0.717, 1.165) is 57.6 Å². The van der Waals surface area contributed by atoms with Crippen LogP contribution in [0.2, 0.25) is 0 Å². The Morgan fingerprint density at radius 3 is 2.31 bits per heavy atom. The van der Waals surface area contributed by atoms with Crippen molar-refractivity contribution in [3.05, 3.63) is 72.8 Å². The fourth-order valence-electron chi connectivity index (χ4n) is 3.75. The van der Waals surface area contributed by atoms with Crippen LogP contribution in [0.1, 0.15) is 6.42 Å². The fraction of sp³-hybridized carbons (Fsp3) is 0.167. The van der Waals surface area contributed by atoms with Gasteiger partial charge in [-0.3, -0.25) is 0 Å². The average Bonchev–Trinajstić information content (AvgIpc) is 3.08. The lowest BCUT2D eigenvalue weighted by Crippen LogP contribution is -2.06. The number of rotatable bonds is 6. The molecule has 0 amide bonds. The highest BCUT2D eigenvalue weighted by atomic mass is 16.5. The van der Waals surface area contributed by atoms with Crippen molar-refractivity contribution < 1.29 is 9.47 Å². The predicted octanol–water partition coefficient (Wildman–Crippen LogP) is 5.22. The van der Waals surface area contributed by atoms with Gasteiger partial charge in [0.1, 0.15) is 5.52 Å². The molecule has 0 saturated carbocycles. The van der Waals surface area contributed by atoms with E-state index in [2.05, 4.69) is 22.8 Å². The molecule has 0 aliphatic heterocycles. The van der Waals surface area contributed by atoms with Gasteiger partial charge in [-0.1, -0.05) is 42.5 Å². The molecule has 144 valence electrons. The zero-order chi connectivity index (χ0) is 19.6. The lowest BCUT2D eigenvalue weighted by molar-refractivity contribution is 0.284. The average molecular weight is 383 g/mol. The molecule has 2 heterocycles. The maximum absolute atomic E-state index is 5.95. The Kier molecular flexibility index (Phi) is 4.48. The monoisotopic (exact) mass is 383 g/mol. The number of aromatic nitrogens is 3. The molecular weight excluding hydrogens is 362 g/mol. The Balaban J connectivity index is 1.46. The molecule has 2 aromatic heterocycles. The maximum atomic E-state index is 5.95. The van der Waals surface area contributed by atoms with Crippen molar-refractivity contribution in [2.24, 2.45) is 0 Å². The van der Waals surface area contributed by atoms with Crippen LogP contribution in [0, 0.1) is 0 Å². The van der Waals surface area contributed by atoms with Crippen molar-refractivity contribution in [3.63, 3.8) is 0 Å². The van der Waals surface area contributed by atoms with Crippen LogP contribution in [0.15, 0.2) is 72.8 Å². The number of para-hydroxylation sites is 5. The molecule has 0 aliphatic carbocycles. The van der Waals surface area contributed by atoms with E-state index in [4.69, 9.17) is 19.4 Å². The Morgan fingerprint density at radius 1 is 0.793 bits per heavy atom. The third-order valence-corrected chi connectivity index (χ3v) is 5.11. The number of ether oxygens (including phenoxy) is 2. The van der Waals surface area contributed by atoms with Gasteiger partial charge < -0.3 is 14.0 Å². The number of nitrogens with zero attached hydrogens (tertiary/aromatic N) is 3. The topological polar surface area (TPSA) is 49.2 Å². The molecule has 0 aliphatic rings. The van der Waals surface area contributed by atoms with Gasteiger partial charge in [-0.05, 0) is 36.8 Å². The largest absolute Gasteiger partial charge is 0.493 e. The van der Waals surface area contributed by atoms with Gasteiger partial charge in [-0.25, -0.2) is 9.97 Å². The molecule has 5 nitrogen and oxygen atoms in total. The first-order valence-corrected chi connectivity index (χ1v) is 9.75. The second kappa shape index (κ2) is 7.43. The van der Waals surface area contributed by atoms with E-state index < -0.39 is 0 Å². The molecule has 0 unspecified atom stereocenters. The number of fused-ring (bicyclic) bond motifs is 4. The van der Waals surface area contributed by atoms with Gasteiger partial charge in [0.15, 0.2) is 17.1 Å². The van der Waals surface area contributed by atoms with Gasteiger partial charge >= 0.3 is 0 Å². The number of aryl methyl sites for hydroxylation is 1. The third-order valence-electron chi connectivity index (χ3n) is 5.11. The fourth-order valence-corrected chi connectivity index (χ4v) is 3.75. The highest BCUT2D eigenvalue weighted by Crippen LogP contribution is 2.29. The maximum Gasteiger partial charge on any atom is 0.161 e. The third kappa shape index (κ3) is 3.14. The second-order valence-corrected chi connectivity index (χ2v) is 6.91. The predicted molar refractivity (Wildman–Crippen MR) is 116 cm³/mol. The highest BCUT2D eigenvalue weighted by Gasteiger charge is 2.14. The van der Waals surface area contributed by atoms with Crippen LogP contribution in [0.5, 0.6) is 11.5 Å². The zero-order valence-electron chi connectivity index (χ0n) is 16.2. The van der Waals surface area contributed by atoms with Crippen LogP contribution in [0.25, 0.3) is 33.1 Å². The van der Waals surface area contributed by atoms with Crippen LogP contribution >= 0.6 is 0 Å². The number of benzene rings is 3. The summed E-state index contributed by atoms with van der Waals surface area (Å²) in [6, 6.07) is 24.1. The van der Waals surface area contributed by atoms with E-state index in [-0.39, 0.29) is 0 Å². The number of hydrogen-bond acceptors (Lipinski definition) is 4. The summed E-state index contributed by atoms with van der Waals surface area (Å²) in [4.78, 5) is 9.81. The Bertz CT molecular complexity index is 1310. The van der Waals surface area contributed by atoms with E-state index in [1.807, 2.05) is 54.6 Å². The Hall–Kier alpha value is -3.60. The molecule has 0 bridgehead atoms. The normalized spacial score (nSPS) is 11.3. The van der Waals surface area contributed by atoms with Crippen molar-refractivity contribution in [2.75, 3.05) is 13.7 Å². The zero-order valence-corrected chi connectivity index (χ0v) is 16.2. The van der Waals surface area contributed by atoms with Crippen molar-refractivity contribution in [1.29, 1.82) is 0 Å². The van der Waals surface area contributed by atoms with E-state index in [1.165, 1.54) is 0 Å². The minimum Gasteiger partial charge on any atom is -0.493 e. The first kappa shape index (κ1) is 17.5. The summed E-state index contributed by atoms with van der Waals surface area (Å²) in [5.41, 5.74) is 4.85. The molecule has 0 spiro atoms. The summed E-state index contributed by atoms with van der Waals surface area (Å²) in [7, 11) is 1.66. The summed E-state index contributed by atoms with van der Waals surface area (Å²) in [5, 5.41) is 1.13. The lowest BCUT2D eigenvalue weighted by atomic mass is 10.2. The molecule has 3 aromatic carbocycles. The van der Waals surface area contributed by atoms with E-state index in [0.29, 0.717) is 6.61 Å². The van der Waals surface area contributed by atoms with E-state index in [1.54, 1.807) is 7.11 Å². The van der Waals surface area contributed by atoms with Gasteiger partial charge in [-0.2, -0.15) is 0 Å². The van der Waals surface area contributed by atoms with Crippen molar-refractivity contribution in [3.8, 4) is 11.5 Å². The van der Waals surface area contributed by atoms with Crippen molar-refractivity contribution >= 4 is 33.1 Å². The molecule has 29 heavy (non-hydrogen) atoms. The molecule has 0 fully saturated rings. The summed E-state index contributed by atoms with van der Waals surface area (Å²) >= 11 is 0. The molecule has 5 rings (SSSR count). The van der Waals surface area contributed by atoms with Crippen LogP contribution in [0.4, 0.5) is 0 Å². The van der Waals surface area contributed by atoms with Gasteiger partial charge in [-0.15, -0.1) is 0 Å². The minimum absolute atomic E-state index is 0.593. The summed E-state index contributed by atoms with van der Waals surface area (Å²) < 4.78 is 13.5. The molecule has 0 N–H and O–H groups in total. The van der Waals surface area contributed by atoms with Gasteiger partial charge in [0, 0.05) is 11.9 Å². The molecule has 5 heteroatoms. The molecule has 0 atom stereocenters. The quantitative estimate of drug-likeness (QED) is 0.378. The lowest BCUT2D eigenvalue weighted by Gasteiger charge is -2.11.